The van der Waals surface area contributed by atoms with Crippen LogP contribution < -0.4 is 0 Å². The van der Waals surface area contributed by atoms with E-state index in [9.17, 15) is 4.79 Å². The summed E-state index contributed by atoms with van der Waals surface area (Å²) in [5.41, 5.74) is -0.136. The molecule has 0 amide bonds. The summed E-state index contributed by atoms with van der Waals surface area (Å²) in [6.45, 7) is 4.26. The molecule has 88 valence electrons. The van der Waals surface area contributed by atoms with Crippen LogP contribution in [0.2, 0.25) is 0 Å². The largest absolute Gasteiger partial charge is 0.298 e. The fourth-order valence-electron chi connectivity index (χ4n) is 2.67. The highest BCUT2D eigenvalue weighted by Crippen LogP contribution is 2.34. The van der Waals surface area contributed by atoms with Crippen LogP contribution in [-0.2, 0) is 4.79 Å². The molecule has 0 aromatic heterocycles. The fraction of sp³-hybridized carbons (Fsp3) is 0.923. The van der Waals surface area contributed by atoms with Crippen molar-refractivity contribution in [3.05, 3.63) is 0 Å². The van der Waals surface area contributed by atoms with Gasteiger partial charge < -0.3 is 0 Å². The Labute approximate surface area is 94.0 Å². The van der Waals surface area contributed by atoms with Crippen molar-refractivity contribution in [2.24, 2.45) is 5.92 Å². The first kappa shape index (κ1) is 12.7. The maximum atomic E-state index is 12.3. The number of rotatable bonds is 4. The third kappa shape index (κ3) is 2.81. The van der Waals surface area contributed by atoms with Crippen molar-refractivity contribution >= 4 is 5.78 Å². The molecule has 0 atom stereocenters. The molecule has 1 fully saturated rings. The third-order valence-corrected chi connectivity index (χ3v) is 3.65. The summed E-state index contributed by atoms with van der Waals surface area (Å²) < 4.78 is 0. The van der Waals surface area contributed by atoms with E-state index >= 15 is 0 Å². The average Bonchev–Trinajstić information content (AvgIpc) is 2.17. The SMILES string of the molecule is CC(C)CC(=O)C1(N(C)C)CCCCC1. The lowest BCUT2D eigenvalue weighted by Crippen LogP contribution is -2.52. The summed E-state index contributed by atoms with van der Waals surface area (Å²) in [5, 5.41) is 0. The van der Waals surface area contributed by atoms with Gasteiger partial charge in [-0.25, -0.2) is 0 Å². The van der Waals surface area contributed by atoms with Gasteiger partial charge in [-0.3, -0.25) is 9.69 Å². The number of ketones is 1. The first-order valence-corrected chi connectivity index (χ1v) is 6.20. The molecule has 0 bridgehead atoms. The summed E-state index contributed by atoms with van der Waals surface area (Å²) in [5.74, 6) is 0.943. The standard InChI is InChI=1S/C13H25NO/c1-11(2)10-12(15)13(14(3)4)8-6-5-7-9-13/h11H,5-10H2,1-4H3. The molecule has 1 saturated carbocycles. The zero-order valence-electron chi connectivity index (χ0n) is 10.7. The van der Waals surface area contributed by atoms with Crippen LogP contribution in [0.5, 0.6) is 0 Å². The maximum Gasteiger partial charge on any atom is 0.153 e. The van der Waals surface area contributed by atoms with Crippen LogP contribution in [0, 0.1) is 5.92 Å². The molecule has 0 saturated heterocycles. The molecule has 1 rings (SSSR count). The Morgan fingerprint density at radius 1 is 1.20 bits per heavy atom. The van der Waals surface area contributed by atoms with Crippen molar-refractivity contribution in [3.63, 3.8) is 0 Å². The fourth-order valence-corrected chi connectivity index (χ4v) is 2.67. The lowest BCUT2D eigenvalue weighted by molar-refractivity contribution is -0.132. The zero-order chi connectivity index (χ0) is 11.5. The average molecular weight is 211 g/mol. The van der Waals surface area contributed by atoms with Gasteiger partial charge in [0.2, 0.25) is 0 Å². The Hall–Kier alpha value is -0.370. The van der Waals surface area contributed by atoms with Crippen LogP contribution in [-0.4, -0.2) is 30.3 Å². The Bertz CT molecular complexity index is 215. The molecular formula is C13H25NO. The minimum atomic E-state index is -0.136. The Kier molecular flexibility index (Phi) is 4.32. The Morgan fingerprint density at radius 3 is 2.13 bits per heavy atom. The molecule has 15 heavy (non-hydrogen) atoms. The highest BCUT2D eigenvalue weighted by Gasteiger charge is 2.40. The number of carbonyl (C=O) groups excluding carboxylic acids is 1. The van der Waals surface area contributed by atoms with E-state index in [4.69, 9.17) is 0 Å². The van der Waals surface area contributed by atoms with Gasteiger partial charge in [0.1, 0.15) is 0 Å². The van der Waals surface area contributed by atoms with E-state index < -0.39 is 0 Å². The van der Waals surface area contributed by atoms with Crippen molar-refractivity contribution in [1.29, 1.82) is 0 Å². The minimum Gasteiger partial charge on any atom is -0.298 e. The van der Waals surface area contributed by atoms with Gasteiger partial charge in [0.25, 0.3) is 0 Å². The number of carbonyl (C=O) groups is 1. The second-order valence-electron chi connectivity index (χ2n) is 5.51. The monoisotopic (exact) mass is 211 g/mol. The number of likely N-dealkylation sites (N-methyl/N-ethyl adjacent to an activating group) is 1. The zero-order valence-corrected chi connectivity index (χ0v) is 10.7. The van der Waals surface area contributed by atoms with E-state index in [0.29, 0.717) is 11.7 Å². The van der Waals surface area contributed by atoms with Crippen LogP contribution in [0.25, 0.3) is 0 Å². The van der Waals surface area contributed by atoms with E-state index in [2.05, 4.69) is 32.8 Å². The van der Waals surface area contributed by atoms with E-state index in [0.717, 1.165) is 19.3 Å². The molecule has 0 aromatic carbocycles. The molecule has 1 aliphatic carbocycles. The van der Waals surface area contributed by atoms with Gasteiger partial charge in [-0.1, -0.05) is 33.1 Å². The number of nitrogens with zero attached hydrogens (tertiary/aromatic N) is 1. The van der Waals surface area contributed by atoms with Crippen molar-refractivity contribution in [2.75, 3.05) is 14.1 Å². The van der Waals surface area contributed by atoms with Gasteiger partial charge >= 0.3 is 0 Å². The van der Waals surface area contributed by atoms with Gasteiger partial charge in [0.15, 0.2) is 5.78 Å². The quantitative estimate of drug-likeness (QED) is 0.712. The van der Waals surface area contributed by atoms with Crippen LogP contribution in [0.15, 0.2) is 0 Å². The minimum absolute atomic E-state index is 0.136. The van der Waals surface area contributed by atoms with Gasteiger partial charge in [0.05, 0.1) is 5.54 Å². The predicted octanol–water partition coefficient (Wildman–Crippen LogP) is 2.87. The summed E-state index contributed by atoms with van der Waals surface area (Å²) >= 11 is 0. The van der Waals surface area contributed by atoms with Gasteiger partial charge in [-0.05, 0) is 32.9 Å². The first-order valence-electron chi connectivity index (χ1n) is 6.20. The van der Waals surface area contributed by atoms with Gasteiger partial charge in [0, 0.05) is 6.42 Å². The summed E-state index contributed by atoms with van der Waals surface area (Å²) in [6, 6.07) is 0. The molecule has 0 heterocycles. The van der Waals surface area contributed by atoms with Gasteiger partial charge in [-0.2, -0.15) is 0 Å². The molecule has 0 aromatic rings. The predicted molar refractivity (Wildman–Crippen MR) is 64.0 cm³/mol. The highest BCUT2D eigenvalue weighted by atomic mass is 16.1. The topological polar surface area (TPSA) is 20.3 Å². The smallest absolute Gasteiger partial charge is 0.153 e. The lowest BCUT2D eigenvalue weighted by Gasteiger charge is -2.42. The molecule has 2 heteroatoms. The number of Topliss-reactive ketones (excluding diaryl/α,β-unsaturated/α-hetero) is 1. The van der Waals surface area contributed by atoms with Gasteiger partial charge in [-0.15, -0.1) is 0 Å². The van der Waals surface area contributed by atoms with Crippen LogP contribution in [0.1, 0.15) is 52.4 Å². The van der Waals surface area contributed by atoms with E-state index in [1.807, 2.05) is 0 Å². The first-order chi connectivity index (χ1) is 6.99. The number of hydrogen-bond donors (Lipinski definition) is 0. The number of hydrogen-bond acceptors (Lipinski definition) is 2. The summed E-state index contributed by atoms with van der Waals surface area (Å²) in [4.78, 5) is 14.5. The van der Waals surface area contributed by atoms with Crippen molar-refractivity contribution in [3.8, 4) is 0 Å². The maximum absolute atomic E-state index is 12.3. The molecule has 0 aliphatic heterocycles. The molecule has 0 radical (unpaired) electrons. The van der Waals surface area contributed by atoms with E-state index in [1.165, 1.54) is 19.3 Å². The third-order valence-electron chi connectivity index (χ3n) is 3.65. The molecule has 2 nitrogen and oxygen atoms in total. The summed E-state index contributed by atoms with van der Waals surface area (Å²) in [6.07, 6.45) is 6.57. The Balaban J connectivity index is 2.75. The van der Waals surface area contributed by atoms with E-state index in [-0.39, 0.29) is 5.54 Å². The van der Waals surface area contributed by atoms with Crippen LogP contribution in [0.3, 0.4) is 0 Å². The molecule has 0 spiro atoms. The second kappa shape index (κ2) is 5.11. The van der Waals surface area contributed by atoms with Crippen molar-refractivity contribution in [1.82, 2.24) is 4.90 Å². The Morgan fingerprint density at radius 2 is 1.73 bits per heavy atom. The van der Waals surface area contributed by atoms with Crippen molar-refractivity contribution < 1.29 is 4.79 Å². The molecule has 0 N–H and O–H groups in total. The molecular weight excluding hydrogens is 186 g/mol. The second-order valence-corrected chi connectivity index (χ2v) is 5.51. The lowest BCUT2D eigenvalue weighted by atomic mass is 9.75. The van der Waals surface area contributed by atoms with Crippen molar-refractivity contribution in [2.45, 2.75) is 57.9 Å². The molecule has 0 unspecified atom stereocenters. The normalized spacial score (nSPS) is 20.9. The molecule has 1 aliphatic rings. The highest BCUT2D eigenvalue weighted by molar-refractivity contribution is 5.88. The van der Waals surface area contributed by atoms with Crippen LogP contribution in [0.4, 0.5) is 0 Å². The van der Waals surface area contributed by atoms with E-state index in [1.54, 1.807) is 0 Å². The van der Waals surface area contributed by atoms with Crippen LogP contribution >= 0.6 is 0 Å². The summed E-state index contributed by atoms with van der Waals surface area (Å²) in [7, 11) is 4.12.